The molecular formula is C17H22N4O. The molecule has 1 aromatic carbocycles. The minimum atomic E-state index is 0.545. The molecule has 1 unspecified atom stereocenters. The van der Waals surface area contributed by atoms with Crippen LogP contribution in [0.15, 0.2) is 34.9 Å². The Morgan fingerprint density at radius 2 is 2.05 bits per heavy atom. The van der Waals surface area contributed by atoms with Gasteiger partial charge in [-0.2, -0.15) is 4.98 Å². The highest BCUT2D eigenvalue weighted by Crippen LogP contribution is 2.38. The lowest BCUT2D eigenvalue weighted by molar-refractivity contribution is 0.373. The molecule has 0 radical (unpaired) electrons. The fourth-order valence-corrected chi connectivity index (χ4v) is 3.05. The van der Waals surface area contributed by atoms with E-state index in [1.807, 2.05) is 0 Å². The van der Waals surface area contributed by atoms with Crippen LogP contribution in [0, 0.1) is 0 Å². The van der Waals surface area contributed by atoms with Gasteiger partial charge in [0.25, 0.3) is 0 Å². The first kappa shape index (κ1) is 13.8. The smallest absolute Gasteiger partial charge is 0.229 e. The largest absolute Gasteiger partial charge is 0.370 e. The predicted molar refractivity (Wildman–Crippen MR) is 85.0 cm³/mol. The minimum absolute atomic E-state index is 0.545. The van der Waals surface area contributed by atoms with Gasteiger partial charge in [0.1, 0.15) is 0 Å². The number of nitrogens with zero attached hydrogens (tertiary/aromatic N) is 3. The fraction of sp³-hybridized carbons (Fsp3) is 0.529. The Hall–Kier alpha value is -1.88. The van der Waals surface area contributed by atoms with Crippen LogP contribution in [-0.2, 0) is 6.42 Å². The summed E-state index contributed by atoms with van der Waals surface area (Å²) in [5.74, 6) is 2.22. The third-order valence-electron chi connectivity index (χ3n) is 4.50. The lowest BCUT2D eigenvalue weighted by Crippen LogP contribution is -2.34. The van der Waals surface area contributed by atoms with E-state index in [-0.39, 0.29) is 0 Å². The van der Waals surface area contributed by atoms with Crippen LogP contribution in [0.4, 0.5) is 5.69 Å². The molecule has 0 spiro atoms. The van der Waals surface area contributed by atoms with Gasteiger partial charge < -0.3 is 14.7 Å². The molecule has 0 amide bonds. The second-order valence-electron chi connectivity index (χ2n) is 6.29. The zero-order valence-electron chi connectivity index (χ0n) is 12.7. The Kier molecular flexibility index (Phi) is 3.81. The first-order valence-electron chi connectivity index (χ1n) is 8.24. The number of hydrogen-bond donors (Lipinski definition) is 1. The summed E-state index contributed by atoms with van der Waals surface area (Å²) in [5.41, 5.74) is 1.32. The molecule has 1 saturated carbocycles. The van der Waals surface area contributed by atoms with E-state index in [1.165, 1.54) is 24.9 Å². The van der Waals surface area contributed by atoms with Crippen LogP contribution in [0.1, 0.15) is 36.9 Å². The average molecular weight is 298 g/mol. The molecule has 4 rings (SSSR count). The van der Waals surface area contributed by atoms with Crippen molar-refractivity contribution in [3.63, 3.8) is 0 Å². The molecule has 1 N–H and O–H groups in total. The van der Waals surface area contributed by atoms with E-state index in [4.69, 9.17) is 4.52 Å². The van der Waals surface area contributed by atoms with Gasteiger partial charge in [0.2, 0.25) is 5.89 Å². The monoisotopic (exact) mass is 298 g/mol. The number of anilines is 1. The second kappa shape index (κ2) is 6.08. The van der Waals surface area contributed by atoms with Crippen molar-refractivity contribution in [1.82, 2.24) is 15.5 Å². The van der Waals surface area contributed by atoms with E-state index >= 15 is 0 Å². The Balaban J connectivity index is 1.23. The Labute approximate surface area is 130 Å². The van der Waals surface area contributed by atoms with Gasteiger partial charge in [-0.1, -0.05) is 23.4 Å². The normalized spacial score (nSPS) is 21.5. The van der Waals surface area contributed by atoms with E-state index in [2.05, 4.69) is 50.7 Å². The van der Waals surface area contributed by atoms with Gasteiger partial charge in [-0.15, -0.1) is 0 Å². The first-order chi connectivity index (χ1) is 10.9. The van der Waals surface area contributed by atoms with Crippen LogP contribution in [0.2, 0.25) is 0 Å². The topological polar surface area (TPSA) is 54.2 Å². The Bertz CT molecular complexity index is 608. The van der Waals surface area contributed by atoms with Crippen molar-refractivity contribution in [2.24, 2.45) is 0 Å². The third kappa shape index (κ3) is 3.14. The molecule has 0 bridgehead atoms. The number of para-hydroxylation sites is 1. The summed E-state index contributed by atoms with van der Waals surface area (Å²) in [6, 6.07) is 11.2. The molecule has 116 valence electrons. The molecule has 5 nitrogen and oxygen atoms in total. The summed E-state index contributed by atoms with van der Waals surface area (Å²) in [7, 11) is 0. The van der Waals surface area contributed by atoms with Crippen LogP contribution in [0.3, 0.4) is 0 Å². The van der Waals surface area contributed by atoms with E-state index < -0.39 is 0 Å². The lowest BCUT2D eigenvalue weighted by atomic mass is 10.2. The lowest BCUT2D eigenvalue weighted by Gasteiger charge is -2.18. The summed E-state index contributed by atoms with van der Waals surface area (Å²) in [4.78, 5) is 6.91. The second-order valence-corrected chi connectivity index (χ2v) is 6.29. The van der Waals surface area contributed by atoms with E-state index in [0.29, 0.717) is 12.0 Å². The highest BCUT2D eigenvalue weighted by atomic mass is 16.5. The predicted octanol–water partition coefficient (Wildman–Crippen LogP) is 2.36. The standard InChI is InChI=1S/C17H22N4O/c1-2-4-15(5-3-1)21-11-9-14(12-21)18-10-8-16-19-17(22-20-16)13-6-7-13/h1-5,13-14,18H,6-12H2. The van der Waals surface area contributed by atoms with Crippen molar-refractivity contribution < 1.29 is 4.52 Å². The maximum Gasteiger partial charge on any atom is 0.229 e. The highest BCUT2D eigenvalue weighted by molar-refractivity contribution is 5.47. The summed E-state index contributed by atoms with van der Waals surface area (Å²) >= 11 is 0. The van der Waals surface area contributed by atoms with Gasteiger partial charge in [0.05, 0.1) is 0 Å². The maximum absolute atomic E-state index is 5.29. The third-order valence-corrected chi connectivity index (χ3v) is 4.50. The summed E-state index contributed by atoms with van der Waals surface area (Å²) < 4.78 is 5.29. The zero-order valence-corrected chi connectivity index (χ0v) is 12.7. The number of nitrogens with one attached hydrogen (secondary N) is 1. The molecule has 2 aromatic rings. The maximum atomic E-state index is 5.29. The SMILES string of the molecule is c1ccc(N2CCC(NCCc3noc(C4CC4)n3)C2)cc1. The van der Waals surface area contributed by atoms with Gasteiger partial charge in [0, 0.05) is 43.7 Å². The van der Waals surface area contributed by atoms with E-state index in [1.54, 1.807) is 0 Å². The van der Waals surface area contributed by atoms with E-state index in [9.17, 15) is 0 Å². The molecule has 1 aliphatic carbocycles. The Morgan fingerprint density at radius 3 is 2.86 bits per heavy atom. The van der Waals surface area contributed by atoms with E-state index in [0.717, 1.165) is 37.8 Å². The molecule has 2 aliphatic rings. The summed E-state index contributed by atoms with van der Waals surface area (Å²) in [6.45, 7) is 3.11. The van der Waals surface area contributed by atoms with Crippen molar-refractivity contribution in [2.75, 3.05) is 24.5 Å². The van der Waals surface area contributed by atoms with Crippen LogP contribution >= 0.6 is 0 Å². The van der Waals surface area contributed by atoms with Crippen molar-refractivity contribution in [3.8, 4) is 0 Å². The number of rotatable bonds is 6. The van der Waals surface area contributed by atoms with Gasteiger partial charge in [-0.05, 0) is 31.4 Å². The quantitative estimate of drug-likeness (QED) is 0.887. The van der Waals surface area contributed by atoms with Gasteiger partial charge in [-0.25, -0.2) is 0 Å². The Morgan fingerprint density at radius 1 is 1.18 bits per heavy atom. The van der Waals surface area contributed by atoms with Crippen molar-refractivity contribution in [3.05, 3.63) is 42.0 Å². The van der Waals surface area contributed by atoms with Crippen molar-refractivity contribution >= 4 is 5.69 Å². The number of aromatic nitrogens is 2. The van der Waals surface area contributed by atoms with Gasteiger partial charge in [0.15, 0.2) is 5.82 Å². The highest BCUT2D eigenvalue weighted by Gasteiger charge is 2.29. The fourth-order valence-electron chi connectivity index (χ4n) is 3.05. The molecule has 22 heavy (non-hydrogen) atoms. The first-order valence-corrected chi connectivity index (χ1v) is 8.24. The summed E-state index contributed by atoms with van der Waals surface area (Å²) in [6.07, 6.45) is 4.45. The molecule has 1 aromatic heterocycles. The van der Waals surface area contributed by atoms with Crippen LogP contribution in [-0.4, -0.2) is 35.8 Å². The molecule has 2 fully saturated rings. The molecule has 1 aliphatic heterocycles. The van der Waals surface area contributed by atoms with Crippen LogP contribution < -0.4 is 10.2 Å². The average Bonchev–Trinajstić information content (AvgIpc) is 3.11. The van der Waals surface area contributed by atoms with Crippen LogP contribution in [0.25, 0.3) is 0 Å². The molecule has 2 heterocycles. The van der Waals surface area contributed by atoms with Crippen LogP contribution in [0.5, 0.6) is 0 Å². The minimum Gasteiger partial charge on any atom is -0.370 e. The van der Waals surface area contributed by atoms with Crippen molar-refractivity contribution in [1.29, 1.82) is 0 Å². The zero-order chi connectivity index (χ0) is 14.8. The van der Waals surface area contributed by atoms with Crippen molar-refractivity contribution in [2.45, 2.75) is 37.6 Å². The van der Waals surface area contributed by atoms with Gasteiger partial charge in [-0.3, -0.25) is 0 Å². The number of hydrogen-bond acceptors (Lipinski definition) is 5. The summed E-state index contributed by atoms with van der Waals surface area (Å²) in [5, 5.41) is 7.69. The molecule has 1 saturated heterocycles. The number of benzene rings is 1. The molecule has 1 atom stereocenters. The van der Waals surface area contributed by atoms with Gasteiger partial charge >= 0.3 is 0 Å². The molecular weight excluding hydrogens is 276 g/mol. The molecule has 5 heteroatoms.